The average molecular weight is 419 g/mol. The van der Waals surface area contributed by atoms with Crippen molar-refractivity contribution in [1.82, 2.24) is 20.1 Å². The van der Waals surface area contributed by atoms with Gasteiger partial charge in [-0.05, 0) is 50.8 Å². The van der Waals surface area contributed by atoms with E-state index in [2.05, 4.69) is 22.3 Å². The Kier molecular flexibility index (Phi) is 6.35. The molecule has 0 bridgehead atoms. The van der Waals surface area contributed by atoms with Crippen molar-refractivity contribution in [2.24, 2.45) is 13.0 Å². The molecule has 1 aliphatic rings. The van der Waals surface area contributed by atoms with Crippen LogP contribution in [0.3, 0.4) is 0 Å². The van der Waals surface area contributed by atoms with E-state index in [-0.39, 0.29) is 11.9 Å². The molecule has 0 saturated heterocycles. The smallest absolute Gasteiger partial charge is 0.251 e. The second-order valence-corrected chi connectivity index (χ2v) is 8.47. The van der Waals surface area contributed by atoms with Crippen LogP contribution in [0.1, 0.15) is 54.9 Å². The summed E-state index contributed by atoms with van der Waals surface area (Å²) in [5.74, 6) is 1.87. The molecule has 2 aromatic heterocycles. The van der Waals surface area contributed by atoms with E-state index in [0.717, 1.165) is 16.8 Å². The van der Waals surface area contributed by atoms with Gasteiger partial charge in [-0.3, -0.25) is 14.5 Å². The number of benzene rings is 1. The van der Waals surface area contributed by atoms with E-state index >= 15 is 0 Å². The maximum atomic E-state index is 13.0. The summed E-state index contributed by atoms with van der Waals surface area (Å²) in [5.41, 5.74) is 3.20. The highest BCUT2D eigenvalue weighted by Gasteiger charge is 2.23. The second-order valence-electron chi connectivity index (χ2n) is 8.47. The van der Waals surface area contributed by atoms with Gasteiger partial charge in [-0.25, -0.2) is 0 Å². The first-order chi connectivity index (χ1) is 15.0. The Morgan fingerprint density at radius 2 is 2.03 bits per heavy atom. The molecule has 1 unspecified atom stereocenters. The Labute approximate surface area is 183 Å². The predicted octanol–water partition coefficient (Wildman–Crippen LogP) is 5.28. The fraction of sp³-hybridized carbons (Fsp3) is 0.400. The van der Waals surface area contributed by atoms with Gasteiger partial charge in [0.05, 0.1) is 11.9 Å². The third-order valence-corrected chi connectivity index (χ3v) is 6.20. The molecule has 0 radical (unpaired) electrons. The lowest BCUT2D eigenvalue weighted by Gasteiger charge is -2.28. The first kappa shape index (κ1) is 21.1. The number of nitrogens with one attached hydrogen (secondary N) is 1. The Balaban J connectivity index is 1.49. The van der Waals surface area contributed by atoms with Crippen LogP contribution in [0.5, 0.6) is 11.5 Å². The lowest BCUT2D eigenvalue weighted by molar-refractivity contribution is 0.0918. The molecule has 162 valence electrons. The van der Waals surface area contributed by atoms with Gasteiger partial charge in [-0.15, -0.1) is 0 Å². The number of nitrogens with zero attached hydrogens (tertiary/aromatic N) is 3. The molecule has 6 heteroatoms. The van der Waals surface area contributed by atoms with Crippen molar-refractivity contribution in [2.45, 2.75) is 52.0 Å². The average Bonchev–Trinajstić information content (AvgIpc) is 3.22. The molecule has 1 fully saturated rings. The quantitative estimate of drug-likeness (QED) is 0.591. The van der Waals surface area contributed by atoms with Gasteiger partial charge in [0.1, 0.15) is 11.5 Å². The summed E-state index contributed by atoms with van der Waals surface area (Å²) in [6.45, 7) is 4.05. The van der Waals surface area contributed by atoms with Crippen LogP contribution in [0.4, 0.5) is 0 Å². The second kappa shape index (κ2) is 9.33. The number of amides is 1. The van der Waals surface area contributed by atoms with Crippen LogP contribution in [-0.4, -0.2) is 26.7 Å². The van der Waals surface area contributed by atoms with Gasteiger partial charge in [0.15, 0.2) is 0 Å². The molecule has 1 aliphatic carbocycles. The van der Waals surface area contributed by atoms with Crippen LogP contribution < -0.4 is 10.1 Å². The van der Waals surface area contributed by atoms with E-state index in [1.807, 2.05) is 50.5 Å². The minimum absolute atomic E-state index is 0.0354. The van der Waals surface area contributed by atoms with E-state index in [1.54, 1.807) is 17.1 Å². The fourth-order valence-electron chi connectivity index (χ4n) is 4.32. The fourth-order valence-corrected chi connectivity index (χ4v) is 4.32. The number of aromatic nitrogens is 3. The minimum Gasteiger partial charge on any atom is -0.457 e. The summed E-state index contributed by atoms with van der Waals surface area (Å²) in [6, 6.07) is 9.50. The zero-order valence-corrected chi connectivity index (χ0v) is 18.5. The molecule has 3 aromatic rings. The van der Waals surface area contributed by atoms with E-state index in [1.165, 1.54) is 32.1 Å². The number of aryl methyl sites for hydroxylation is 1. The Morgan fingerprint density at radius 3 is 2.77 bits per heavy atom. The van der Waals surface area contributed by atoms with Crippen molar-refractivity contribution in [3.63, 3.8) is 0 Å². The molecular formula is C25H30N4O2. The monoisotopic (exact) mass is 418 g/mol. The van der Waals surface area contributed by atoms with Gasteiger partial charge < -0.3 is 10.1 Å². The van der Waals surface area contributed by atoms with Gasteiger partial charge in [0.25, 0.3) is 5.91 Å². The standard InChI is InChI=1S/C25H30N4O2/c1-17-22(25(30)28-18(2)19-8-5-4-6-9-19)10-7-11-24(17)31-21-12-13-26-23(14-21)20-15-27-29(3)16-20/h7,10-16,18-19H,4-6,8-9H2,1-3H3,(H,28,30). The SMILES string of the molecule is Cc1c(Oc2ccnc(-c3cnn(C)c3)c2)cccc1C(=O)NC(C)C1CCCCC1. The van der Waals surface area contributed by atoms with Crippen LogP contribution in [0, 0.1) is 12.8 Å². The van der Waals surface area contributed by atoms with Gasteiger partial charge in [0, 0.05) is 48.2 Å². The van der Waals surface area contributed by atoms with Crippen molar-refractivity contribution >= 4 is 5.91 Å². The summed E-state index contributed by atoms with van der Waals surface area (Å²) >= 11 is 0. The first-order valence-corrected chi connectivity index (χ1v) is 11.0. The van der Waals surface area contributed by atoms with Gasteiger partial charge >= 0.3 is 0 Å². The summed E-state index contributed by atoms with van der Waals surface area (Å²) in [4.78, 5) is 17.4. The molecule has 0 spiro atoms. The summed E-state index contributed by atoms with van der Waals surface area (Å²) < 4.78 is 7.88. The van der Waals surface area contributed by atoms with Crippen LogP contribution >= 0.6 is 0 Å². The highest BCUT2D eigenvalue weighted by atomic mass is 16.5. The number of rotatable bonds is 6. The molecule has 1 amide bonds. The molecule has 1 saturated carbocycles. The van der Waals surface area contributed by atoms with Crippen LogP contribution in [0.15, 0.2) is 48.9 Å². The molecular weight excluding hydrogens is 388 g/mol. The van der Waals surface area contributed by atoms with E-state index in [4.69, 9.17) is 4.74 Å². The topological polar surface area (TPSA) is 69.0 Å². The van der Waals surface area contributed by atoms with Crippen molar-refractivity contribution in [3.05, 3.63) is 60.0 Å². The molecule has 2 heterocycles. The number of pyridine rings is 1. The van der Waals surface area contributed by atoms with E-state index in [0.29, 0.717) is 23.0 Å². The molecule has 0 aliphatic heterocycles. The third-order valence-electron chi connectivity index (χ3n) is 6.20. The largest absolute Gasteiger partial charge is 0.457 e. The van der Waals surface area contributed by atoms with Gasteiger partial charge in [0.2, 0.25) is 0 Å². The van der Waals surface area contributed by atoms with Gasteiger partial charge in [-0.2, -0.15) is 5.10 Å². The van der Waals surface area contributed by atoms with Crippen molar-refractivity contribution in [3.8, 4) is 22.8 Å². The Morgan fingerprint density at radius 1 is 1.23 bits per heavy atom. The summed E-state index contributed by atoms with van der Waals surface area (Å²) in [6.07, 6.45) is 11.6. The molecule has 1 N–H and O–H groups in total. The zero-order valence-electron chi connectivity index (χ0n) is 18.5. The maximum absolute atomic E-state index is 13.0. The molecule has 4 rings (SSSR count). The third kappa shape index (κ3) is 4.95. The van der Waals surface area contributed by atoms with Gasteiger partial charge in [-0.1, -0.05) is 25.3 Å². The summed E-state index contributed by atoms with van der Waals surface area (Å²) in [5, 5.41) is 7.42. The predicted molar refractivity (Wildman–Crippen MR) is 121 cm³/mol. The maximum Gasteiger partial charge on any atom is 0.251 e. The Hall–Kier alpha value is -3.15. The lowest BCUT2D eigenvalue weighted by Crippen LogP contribution is -2.39. The molecule has 31 heavy (non-hydrogen) atoms. The number of ether oxygens (including phenoxy) is 1. The number of carbonyl (C=O) groups excluding carboxylic acids is 1. The Bertz CT molecular complexity index is 1050. The molecule has 1 atom stereocenters. The molecule has 6 nitrogen and oxygen atoms in total. The summed E-state index contributed by atoms with van der Waals surface area (Å²) in [7, 11) is 1.87. The number of carbonyl (C=O) groups is 1. The van der Waals surface area contributed by atoms with Crippen LogP contribution in [0.2, 0.25) is 0 Å². The minimum atomic E-state index is -0.0354. The van der Waals surface area contributed by atoms with Crippen molar-refractivity contribution < 1.29 is 9.53 Å². The van der Waals surface area contributed by atoms with Crippen LogP contribution in [-0.2, 0) is 7.05 Å². The van der Waals surface area contributed by atoms with E-state index in [9.17, 15) is 4.79 Å². The highest BCUT2D eigenvalue weighted by molar-refractivity contribution is 5.96. The lowest BCUT2D eigenvalue weighted by atomic mass is 9.84. The number of hydrogen-bond acceptors (Lipinski definition) is 4. The highest BCUT2D eigenvalue weighted by Crippen LogP contribution is 2.30. The van der Waals surface area contributed by atoms with Crippen LogP contribution in [0.25, 0.3) is 11.3 Å². The van der Waals surface area contributed by atoms with Crippen molar-refractivity contribution in [1.29, 1.82) is 0 Å². The van der Waals surface area contributed by atoms with Crippen molar-refractivity contribution in [2.75, 3.05) is 0 Å². The first-order valence-electron chi connectivity index (χ1n) is 11.0. The van der Waals surface area contributed by atoms with E-state index < -0.39 is 0 Å². The zero-order chi connectivity index (χ0) is 21.8. The normalized spacial score (nSPS) is 15.5. The molecule has 1 aromatic carbocycles. The number of hydrogen-bond donors (Lipinski definition) is 1.